The van der Waals surface area contributed by atoms with E-state index >= 15 is 0 Å². The maximum atomic E-state index is 13.8. The summed E-state index contributed by atoms with van der Waals surface area (Å²) in [6.45, 7) is 1.90. The molecular formula is C12H15BrFNO. The van der Waals surface area contributed by atoms with E-state index in [1.165, 1.54) is 6.07 Å². The third-order valence-electron chi connectivity index (χ3n) is 3.06. The van der Waals surface area contributed by atoms with E-state index in [1.54, 1.807) is 13.2 Å². The van der Waals surface area contributed by atoms with Gasteiger partial charge in [0.2, 0.25) is 0 Å². The van der Waals surface area contributed by atoms with Gasteiger partial charge in [0.05, 0.1) is 11.6 Å². The number of hydrogen-bond acceptors (Lipinski definition) is 2. The van der Waals surface area contributed by atoms with Gasteiger partial charge in [-0.15, -0.1) is 0 Å². The van der Waals surface area contributed by atoms with Crippen LogP contribution in [0.1, 0.15) is 24.3 Å². The van der Waals surface area contributed by atoms with Gasteiger partial charge in [-0.25, -0.2) is 4.39 Å². The van der Waals surface area contributed by atoms with E-state index in [-0.39, 0.29) is 11.7 Å². The summed E-state index contributed by atoms with van der Waals surface area (Å²) in [5, 5.41) is 3.28. The Hall–Kier alpha value is -0.610. The minimum Gasteiger partial charge on any atom is -0.496 e. The van der Waals surface area contributed by atoms with Crippen molar-refractivity contribution in [2.45, 2.75) is 18.8 Å². The van der Waals surface area contributed by atoms with E-state index in [2.05, 4.69) is 21.2 Å². The minimum absolute atomic E-state index is 0.139. The molecule has 1 aromatic carbocycles. The molecule has 0 amide bonds. The molecule has 1 heterocycles. The van der Waals surface area contributed by atoms with Crippen molar-refractivity contribution in [3.8, 4) is 5.75 Å². The lowest BCUT2D eigenvalue weighted by Gasteiger charge is -2.25. The van der Waals surface area contributed by atoms with Crippen molar-refractivity contribution in [1.29, 1.82) is 0 Å². The second kappa shape index (κ2) is 5.15. The largest absolute Gasteiger partial charge is 0.496 e. The highest BCUT2D eigenvalue weighted by molar-refractivity contribution is 9.10. The molecule has 0 spiro atoms. The average Bonchev–Trinajstić information content (AvgIpc) is 2.31. The van der Waals surface area contributed by atoms with Crippen molar-refractivity contribution in [2.24, 2.45) is 0 Å². The van der Waals surface area contributed by atoms with Gasteiger partial charge in [0.15, 0.2) is 0 Å². The Labute approximate surface area is 103 Å². The Morgan fingerprint density at radius 2 is 2.06 bits per heavy atom. The molecular weight excluding hydrogens is 273 g/mol. The summed E-state index contributed by atoms with van der Waals surface area (Å²) in [4.78, 5) is 0. The SMILES string of the molecule is COc1ccc(F)c(C2CCNCC2)c1Br. The quantitative estimate of drug-likeness (QED) is 0.903. The normalized spacial score (nSPS) is 17.4. The van der Waals surface area contributed by atoms with Crippen LogP contribution in [0.25, 0.3) is 0 Å². The fourth-order valence-corrected chi connectivity index (χ4v) is 3.00. The first kappa shape index (κ1) is 11.9. The molecule has 88 valence electrons. The molecule has 1 aliphatic heterocycles. The molecule has 2 nitrogen and oxygen atoms in total. The topological polar surface area (TPSA) is 21.3 Å². The molecule has 1 aliphatic rings. The zero-order chi connectivity index (χ0) is 11.5. The second-order valence-corrected chi connectivity index (χ2v) is 4.79. The summed E-state index contributed by atoms with van der Waals surface area (Å²) in [6.07, 6.45) is 1.95. The smallest absolute Gasteiger partial charge is 0.133 e. The Bertz CT molecular complexity index is 378. The highest BCUT2D eigenvalue weighted by Gasteiger charge is 2.23. The molecule has 16 heavy (non-hydrogen) atoms. The highest BCUT2D eigenvalue weighted by Crippen LogP contribution is 2.38. The first-order valence-electron chi connectivity index (χ1n) is 5.46. The number of rotatable bonds is 2. The lowest BCUT2D eigenvalue weighted by Crippen LogP contribution is -2.27. The molecule has 0 unspecified atom stereocenters. The number of benzene rings is 1. The van der Waals surface area contributed by atoms with Crippen molar-refractivity contribution >= 4 is 15.9 Å². The van der Waals surface area contributed by atoms with Crippen LogP contribution in [0, 0.1) is 5.82 Å². The predicted octanol–water partition coefficient (Wildman–Crippen LogP) is 3.06. The molecule has 0 aromatic heterocycles. The number of methoxy groups -OCH3 is 1. The lowest BCUT2D eigenvalue weighted by atomic mass is 9.90. The summed E-state index contributed by atoms with van der Waals surface area (Å²) < 4.78 is 19.8. The maximum Gasteiger partial charge on any atom is 0.133 e. The standard InChI is InChI=1S/C12H15BrFNO/c1-16-10-3-2-9(14)11(12(10)13)8-4-6-15-7-5-8/h2-3,8,15H,4-7H2,1H3. The van der Waals surface area contributed by atoms with E-state index < -0.39 is 0 Å². The summed E-state index contributed by atoms with van der Waals surface area (Å²) in [7, 11) is 1.60. The van der Waals surface area contributed by atoms with Gasteiger partial charge in [-0.3, -0.25) is 0 Å². The monoisotopic (exact) mass is 287 g/mol. The van der Waals surface area contributed by atoms with Crippen LogP contribution in [0.4, 0.5) is 4.39 Å². The van der Waals surface area contributed by atoms with Crippen molar-refractivity contribution in [2.75, 3.05) is 20.2 Å². The first-order valence-corrected chi connectivity index (χ1v) is 6.26. The maximum absolute atomic E-state index is 13.8. The third kappa shape index (κ3) is 2.23. The van der Waals surface area contributed by atoms with Crippen molar-refractivity contribution < 1.29 is 9.13 Å². The first-order chi connectivity index (χ1) is 7.74. The Kier molecular flexibility index (Phi) is 3.82. The number of ether oxygens (including phenoxy) is 1. The minimum atomic E-state index is -0.139. The van der Waals surface area contributed by atoms with Gasteiger partial charge in [-0.05, 0) is 59.9 Å². The van der Waals surface area contributed by atoms with Crippen LogP contribution in [0.15, 0.2) is 16.6 Å². The molecule has 1 N–H and O–H groups in total. The van der Waals surface area contributed by atoms with Crippen molar-refractivity contribution in [3.05, 3.63) is 28.0 Å². The van der Waals surface area contributed by atoms with Crippen molar-refractivity contribution in [1.82, 2.24) is 5.32 Å². The van der Waals surface area contributed by atoms with Gasteiger partial charge in [-0.2, -0.15) is 0 Å². The zero-order valence-electron chi connectivity index (χ0n) is 9.22. The predicted molar refractivity (Wildman–Crippen MR) is 65.5 cm³/mol. The average molecular weight is 288 g/mol. The summed E-state index contributed by atoms with van der Waals surface area (Å²) >= 11 is 3.44. The van der Waals surface area contributed by atoms with Gasteiger partial charge in [0.25, 0.3) is 0 Å². The zero-order valence-corrected chi connectivity index (χ0v) is 10.8. The third-order valence-corrected chi connectivity index (χ3v) is 3.88. The van der Waals surface area contributed by atoms with E-state index in [0.717, 1.165) is 36.0 Å². The van der Waals surface area contributed by atoms with Crippen molar-refractivity contribution in [3.63, 3.8) is 0 Å². The van der Waals surface area contributed by atoms with Gasteiger partial charge in [0.1, 0.15) is 11.6 Å². The molecule has 2 rings (SSSR count). The van der Waals surface area contributed by atoms with Gasteiger partial charge < -0.3 is 10.1 Å². The van der Waals surface area contributed by atoms with Gasteiger partial charge in [0, 0.05) is 5.56 Å². The second-order valence-electron chi connectivity index (χ2n) is 4.00. The van der Waals surface area contributed by atoms with Gasteiger partial charge in [-0.1, -0.05) is 0 Å². The molecule has 0 radical (unpaired) electrons. The Morgan fingerprint density at radius 3 is 2.69 bits per heavy atom. The van der Waals surface area contributed by atoms with E-state index in [0.29, 0.717) is 5.75 Å². The fourth-order valence-electron chi connectivity index (χ4n) is 2.19. The van der Waals surface area contributed by atoms with E-state index in [4.69, 9.17) is 4.74 Å². The summed E-state index contributed by atoms with van der Waals surface area (Å²) in [5.74, 6) is 0.847. The molecule has 0 atom stereocenters. The van der Waals surface area contributed by atoms with Crippen LogP contribution in [-0.4, -0.2) is 20.2 Å². The summed E-state index contributed by atoms with van der Waals surface area (Å²) in [5.41, 5.74) is 0.765. The van der Waals surface area contributed by atoms with E-state index in [9.17, 15) is 4.39 Å². The van der Waals surface area contributed by atoms with Crippen LogP contribution in [0.3, 0.4) is 0 Å². The van der Waals surface area contributed by atoms with E-state index in [1.807, 2.05) is 0 Å². The number of halogens is 2. The van der Waals surface area contributed by atoms with Gasteiger partial charge >= 0.3 is 0 Å². The Balaban J connectivity index is 2.37. The number of hydrogen-bond donors (Lipinski definition) is 1. The van der Waals surface area contributed by atoms with Crippen LogP contribution < -0.4 is 10.1 Å². The number of nitrogens with one attached hydrogen (secondary N) is 1. The van der Waals surface area contributed by atoms with Crippen LogP contribution in [0.5, 0.6) is 5.75 Å². The molecule has 1 saturated heterocycles. The lowest BCUT2D eigenvalue weighted by molar-refractivity contribution is 0.403. The Morgan fingerprint density at radius 1 is 1.38 bits per heavy atom. The fraction of sp³-hybridized carbons (Fsp3) is 0.500. The number of piperidine rings is 1. The van der Waals surface area contributed by atoms with Crippen LogP contribution in [-0.2, 0) is 0 Å². The molecule has 0 aliphatic carbocycles. The molecule has 0 bridgehead atoms. The summed E-state index contributed by atoms with van der Waals surface area (Å²) in [6, 6.07) is 3.14. The highest BCUT2D eigenvalue weighted by atomic mass is 79.9. The molecule has 4 heteroatoms. The molecule has 1 aromatic rings. The van der Waals surface area contributed by atoms with Crippen LogP contribution in [0.2, 0.25) is 0 Å². The van der Waals surface area contributed by atoms with Crippen LogP contribution >= 0.6 is 15.9 Å². The molecule has 0 saturated carbocycles. The molecule has 1 fully saturated rings.